The second-order valence-corrected chi connectivity index (χ2v) is 3.55. The summed E-state index contributed by atoms with van der Waals surface area (Å²) in [5.74, 6) is 0.953. The maximum absolute atomic E-state index is 5.94. The van der Waals surface area contributed by atoms with E-state index in [4.69, 9.17) is 11.6 Å². The number of hydrogen-bond acceptors (Lipinski definition) is 3. The van der Waals surface area contributed by atoms with Gasteiger partial charge in [-0.05, 0) is 20.3 Å². The summed E-state index contributed by atoms with van der Waals surface area (Å²) in [6, 6.07) is 0. The van der Waals surface area contributed by atoms with Gasteiger partial charge in [0.2, 0.25) is 0 Å². The van der Waals surface area contributed by atoms with Crippen LogP contribution in [-0.4, -0.2) is 23.1 Å². The summed E-state index contributed by atoms with van der Waals surface area (Å²) in [6.07, 6.45) is 2.62. The van der Waals surface area contributed by atoms with E-state index in [1.165, 1.54) is 6.33 Å². The molecule has 0 fully saturated rings. The smallest absolute Gasteiger partial charge is 0.137 e. The van der Waals surface area contributed by atoms with Gasteiger partial charge in [-0.2, -0.15) is 0 Å². The van der Waals surface area contributed by atoms with Gasteiger partial charge in [0.05, 0.1) is 0 Å². The molecule has 1 heterocycles. The monoisotopic (exact) mass is 213 g/mol. The van der Waals surface area contributed by atoms with Crippen molar-refractivity contribution in [2.24, 2.45) is 0 Å². The van der Waals surface area contributed by atoms with Crippen LogP contribution >= 0.6 is 11.6 Å². The number of hydrogen-bond donors (Lipinski definition) is 0. The molecule has 0 saturated heterocycles. The van der Waals surface area contributed by atoms with E-state index < -0.39 is 0 Å². The first-order valence-electron chi connectivity index (χ1n) is 4.92. The highest BCUT2D eigenvalue weighted by atomic mass is 35.5. The standard InChI is InChI=1S/C10H16ClN3/c1-4-6-14(5-2)10-8(3)9(11)12-7-13-10/h7H,4-6H2,1-3H3. The van der Waals surface area contributed by atoms with Crippen molar-refractivity contribution in [2.45, 2.75) is 27.2 Å². The van der Waals surface area contributed by atoms with E-state index in [0.29, 0.717) is 5.15 Å². The highest BCUT2D eigenvalue weighted by Gasteiger charge is 2.10. The van der Waals surface area contributed by atoms with Gasteiger partial charge in [-0.1, -0.05) is 18.5 Å². The molecule has 0 N–H and O–H groups in total. The molecule has 1 rings (SSSR count). The van der Waals surface area contributed by atoms with Crippen LogP contribution in [-0.2, 0) is 0 Å². The average Bonchev–Trinajstić information content (AvgIpc) is 2.19. The summed E-state index contributed by atoms with van der Waals surface area (Å²) >= 11 is 5.94. The Bertz CT molecular complexity index is 301. The minimum absolute atomic E-state index is 0.546. The van der Waals surface area contributed by atoms with Crippen LogP contribution in [0.15, 0.2) is 6.33 Å². The Morgan fingerprint density at radius 1 is 1.36 bits per heavy atom. The molecule has 0 atom stereocenters. The lowest BCUT2D eigenvalue weighted by atomic mass is 10.3. The molecule has 4 heteroatoms. The van der Waals surface area contributed by atoms with E-state index >= 15 is 0 Å². The number of halogens is 1. The fraction of sp³-hybridized carbons (Fsp3) is 0.600. The first-order valence-corrected chi connectivity index (χ1v) is 5.30. The maximum Gasteiger partial charge on any atom is 0.137 e. The SMILES string of the molecule is CCCN(CC)c1ncnc(Cl)c1C. The van der Waals surface area contributed by atoms with Crippen molar-refractivity contribution in [3.05, 3.63) is 17.0 Å². The Labute approximate surface area is 90.1 Å². The molecule has 0 amide bonds. The third-order valence-electron chi connectivity index (χ3n) is 2.17. The number of nitrogens with zero attached hydrogens (tertiary/aromatic N) is 3. The van der Waals surface area contributed by atoms with Crippen molar-refractivity contribution in [3.63, 3.8) is 0 Å². The first kappa shape index (κ1) is 11.2. The summed E-state index contributed by atoms with van der Waals surface area (Å²) in [7, 11) is 0. The van der Waals surface area contributed by atoms with Crippen LogP contribution in [0.1, 0.15) is 25.8 Å². The fourth-order valence-electron chi connectivity index (χ4n) is 1.42. The van der Waals surface area contributed by atoms with E-state index in [-0.39, 0.29) is 0 Å². The maximum atomic E-state index is 5.94. The lowest BCUT2D eigenvalue weighted by Gasteiger charge is -2.22. The zero-order valence-electron chi connectivity index (χ0n) is 8.92. The van der Waals surface area contributed by atoms with Crippen molar-refractivity contribution in [1.82, 2.24) is 9.97 Å². The van der Waals surface area contributed by atoms with Crippen molar-refractivity contribution in [2.75, 3.05) is 18.0 Å². The van der Waals surface area contributed by atoms with Gasteiger partial charge in [0.15, 0.2) is 0 Å². The average molecular weight is 214 g/mol. The molecular formula is C10H16ClN3. The van der Waals surface area contributed by atoms with Crippen LogP contribution < -0.4 is 4.90 Å². The van der Waals surface area contributed by atoms with E-state index in [0.717, 1.165) is 30.9 Å². The molecule has 0 unspecified atom stereocenters. The molecular weight excluding hydrogens is 198 g/mol. The molecule has 0 aliphatic rings. The molecule has 0 saturated carbocycles. The zero-order chi connectivity index (χ0) is 10.6. The van der Waals surface area contributed by atoms with Crippen LogP contribution in [0.3, 0.4) is 0 Å². The van der Waals surface area contributed by atoms with E-state index in [1.54, 1.807) is 0 Å². The summed E-state index contributed by atoms with van der Waals surface area (Å²) in [5.41, 5.74) is 0.962. The van der Waals surface area contributed by atoms with Crippen molar-refractivity contribution < 1.29 is 0 Å². The normalized spacial score (nSPS) is 10.3. The van der Waals surface area contributed by atoms with Gasteiger partial charge in [-0.15, -0.1) is 0 Å². The van der Waals surface area contributed by atoms with Crippen molar-refractivity contribution >= 4 is 17.4 Å². The quantitative estimate of drug-likeness (QED) is 0.721. The lowest BCUT2D eigenvalue weighted by molar-refractivity contribution is 0.772. The third kappa shape index (κ3) is 2.35. The van der Waals surface area contributed by atoms with Crippen LogP contribution in [0.4, 0.5) is 5.82 Å². The van der Waals surface area contributed by atoms with Gasteiger partial charge in [0, 0.05) is 18.7 Å². The summed E-state index contributed by atoms with van der Waals surface area (Å²) in [4.78, 5) is 10.4. The minimum Gasteiger partial charge on any atom is -0.357 e. The Balaban J connectivity index is 2.97. The zero-order valence-corrected chi connectivity index (χ0v) is 9.67. The fourth-order valence-corrected chi connectivity index (χ4v) is 1.55. The third-order valence-corrected chi connectivity index (χ3v) is 2.55. The van der Waals surface area contributed by atoms with Crippen molar-refractivity contribution in [3.8, 4) is 0 Å². The second kappa shape index (κ2) is 5.15. The molecule has 1 aromatic heterocycles. The van der Waals surface area contributed by atoms with Crippen LogP contribution in [0.25, 0.3) is 0 Å². The predicted octanol–water partition coefficient (Wildman–Crippen LogP) is 2.67. The lowest BCUT2D eigenvalue weighted by Crippen LogP contribution is -2.25. The van der Waals surface area contributed by atoms with E-state index in [2.05, 4.69) is 28.7 Å². The highest BCUT2D eigenvalue weighted by Crippen LogP contribution is 2.21. The molecule has 0 aliphatic heterocycles. The van der Waals surface area contributed by atoms with E-state index in [9.17, 15) is 0 Å². The first-order chi connectivity index (χ1) is 6.70. The van der Waals surface area contributed by atoms with Gasteiger partial charge >= 0.3 is 0 Å². The Hall–Kier alpha value is -0.830. The van der Waals surface area contributed by atoms with Gasteiger partial charge in [0.1, 0.15) is 17.3 Å². The number of anilines is 1. The molecule has 0 aromatic carbocycles. The molecule has 0 bridgehead atoms. The van der Waals surface area contributed by atoms with Crippen LogP contribution in [0.2, 0.25) is 5.15 Å². The van der Waals surface area contributed by atoms with Gasteiger partial charge < -0.3 is 4.90 Å². The van der Waals surface area contributed by atoms with E-state index in [1.807, 2.05) is 6.92 Å². The Morgan fingerprint density at radius 3 is 2.64 bits per heavy atom. The van der Waals surface area contributed by atoms with Crippen LogP contribution in [0.5, 0.6) is 0 Å². The van der Waals surface area contributed by atoms with Gasteiger partial charge in [-0.25, -0.2) is 9.97 Å². The second-order valence-electron chi connectivity index (χ2n) is 3.19. The van der Waals surface area contributed by atoms with Gasteiger partial charge in [0.25, 0.3) is 0 Å². The van der Waals surface area contributed by atoms with Crippen molar-refractivity contribution in [1.29, 1.82) is 0 Å². The van der Waals surface area contributed by atoms with Gasteiger partial charge in [-0.3, -0.25) is 0 Å². The summed E-state index contributed by atoms with van der Waals surface area (Å²) < 4.78 is 0. The van der Waals surface area contributed by atoms with Crippen LogP contribution in [0, 0.1) is 6.92 Å². The highest BCUT2D eigenvalue weighted by molar-refractivity contribution is 6.30. The molecule has 78 valence electrons. The molecule has 14 heavy (non-hydrogen) atoms. The summed E-state index contributed by atoms with van der Waals surface area (Å²) in [5, 5.41) is 0.546. The predicted molar refractivity (Wildman–Crippen MR) is 60.0 cm³/mol. The molecule has 0 radical (unpaired) electrons. The molecule has 3 nitrogen and oxygen atoms in total. The topological polar surface area (TPSA) is 29.0 Å². The number of aromatic nitrogens is 2. The Kier molecular flexibility index (Phi) is 4.14. The molecule has 0 aliphatic carbocycles. The minimum atomic E-state index is 0.546. The molecule has 0 spiro atoms. The largest absolute Gasteiger partial charge is 0.357 e. The molecule has 1 aromatic rings. The Morgan fingerprint density at radius 2 is 2.07 bits per heavy atom. The summed E-state index contributed by atoms with van der Waals surface area (Å²) in [6.45, 7) is 8.18. The number of rotatable bonds is 4.